The molecule has 25 heavy (non-hydrogen) atoms. The van der Waals surface area contributed by atoms with Gasteiger partial charge in [-0.15, -0.1) is 0 Å². The molecule has 0 saturated carbocycles. The number of nitrogens with zero attached hydrogens (tertiary/aromatic N) is 1. The summed E-state index contributed by atoms with van der Waals surface area (Å²) in [5.74, 6) is 1.47. The number of hydrogen-bond donors (Lipinski definition) is 1. The summed E-state index contributed by atoms with van der Waals surface area (Å²) in [5.41, 5.74) is 1.92. The van der Waals surface area contributed by atoms with Gasteiger partial charge in [0, 0.05) is 11.6 Å². The minimum atomic E-state index is -0.518. The third kappa shape index (κ3) is 6.19. The molecule has 4 nitrogen and oxygen atoms in total. The Morgan fingerprint density at radius 3 is 2.52 bits per heavy atom. The number of aryl methyl sites for hydroxylation is 2. The van der Waals surface area contributed by atoms with Gasteiger partial charge in [-0.2, -0.15) is 0 Å². The van der Waals surface area contributed by atoms with E-state index in [1.807, 2.05) is 26.0 Å². The Hall–Kier alpha value is -1.26. The number of rotatable bonds is 7. The summed E-state index contributed by atoms with van der Waals surface area (Å²) in [6.45, 7) is 12.1. The second kappa shape index (κ2) is 9.44. The topological polar surface area (TPSA) is 41.6 Å². The third-order valence-electron chi connectivity index (χ3n) is 4.92. The Morgan fingerprint density at radius 2 is 1.92 bits per heavy atom. The van der Waals surface area contributed by atoms with Crippen molar-refractivity contribution in [3.05, 3.63) is 28.3 Å². The van der Waals surface area contributed by atoms with Crippen molar-refractivity contribution in [1.29, 1.82) is 0 Å². The van der Waals surface area contributed by atoms with Crippen molar-refractivity contribution in [3.63, 3.8) is 0 Å². The Morgan fingerprint density at radius 1 is 1.32 bits per heavy atom. The van der Waals surface area contributed by atoms with Crippen LogP contribution in [0, 0.1) is 19.8 Å². The van der Waals surface area contributed by atoms with Crippen molar-refractivity contribution in [3.8, 4) is 5.75 Å². The van der Waals surface area contributed by atoms with E-state index in [4.69, 9.17) is 16.3 Å². The number of amides is 1. The Balaban J connectivity index is 1.70. The minimum absolute atomic E-state index is 0.0717. The molecule has 1 atom stereocenters. The van der Waals surface area contributed by atoms with Crippen LogP contribution in [0.5, 0.6) is 5.75 Å². The molecule has 1 aromatic rings. The highest BCUT2D eigenvalue weighted by atomic mass is 35.5. The van der Waals surface area contributed by atoms with Crippen LogP contribution in [0.15, 0.2) is 12.1 Å². The number of likely N-dealkylation sites (tertiary alicyclic amines) is 1. The fourth-order valence-corrected chi connectivity index (χ4v) is 3.28. The van der Waals surface area contributed by atoms with Gasteiger partial charge in [0.1, 0.15) is 5.75 Å². The predicted octanol–water partition coefficient (Wildman–Crippen LogP) is 3.96. The lowest BCUT2D eigenvalue weighted by Gasteiger charge is -2.30. The number of piperidine rings is 1. The first-order valence-corrected chi connectivity index (χ1v) is 9.68. The highest BCUT2D eigenvalue weighted by molar-refractivity contribution is 6.32. The molecule has 5 heteroatoms. The van der Waals surface area contributed by atoms with Crippen molar-refractivity contribution in [2.75, 3.05) is 26.2 Å². The molecule has 0 radical (unpaired) electrons. The van der Waals surface area contributed by atoms with E-state index >= 15 is 0 Å². The number of carbonyl (C=O) groups is 1. The van der Waals surface area contributed by atoms with Crippen LogP contribution < -0.4 is 10.1 Å². The second-order valence-electron chi connectivity index (χ2n) is 7.30. The van der Waals surface area contributed by atoms with Gasteiger partial charge in [0.25, 0.3) is 5.91 Å². The lowest BCUT2D eigenvalue weighted by molar-refractivity contribution is -0.127. The first-order valence-electron chi connectivity index (χ1n) is 9.30. The van der Waals surface area contributed by atoms with E-state index in [0.717, 1.165) is 35.0 Å². The van der Waals surface area contributed by atoms with E-state index in [9.17, 15) is 4.79 Å². The van der Waals surface area contributed by atoms with Crippen molar-refractivity contribution < 1.29 is 9.53 Å². The summed E-state index contributed by atoms with van der Waals surface area (Å²) < 4.78 is 5.77. The maximum Gasteiger partial charge on any atom is 0.260 e. The smallest absolute Gasteiger partial charge is 0.260 e. The zero-order valence-electron chi connectivity index (χ0n) is 15.9. The number of ether oxygens (including phenoxy) is 1. The van der Waals surface area contributed by atoms with Gasteiger partial charge in [0.05, 0.1) is 0 Å². The Kier molecular flexibility index (Phi) is 7.57. The van der Waals surface area contributed by atoms with Crippen LogP contribution in [-0.4, -0.2) is 43.1 Å². The molecule has 0 spiro atoms. The van der Waals surface area contributed by atoms with Gasteiger partial charge in [0.15, 0.2) is 6.10 Å². The molecular weight excluding hydrogens is 336 g/mol. The van der Waals surface area contributed by atoms with Crippen LogP contribution in [0.4, 0.5) is 0 Å². The fraction of sp³-hybridized carbons (Fsp3) is 0.650. The Bertz CT molecular complexity index is 560. The van der Waals surface area contributed by atoms with Crippen LogP contribution >= 0.6 is 11.6 Å². The van der Waals surface area contributed by atoms with Gasteiger partial charge in [-0.1, -0.05) is 18.5 Å². The maximum atomic E-state index is 12.2. The number of nitrogens with one attached hydrogen (secondary N) is 1. The second-order valence-corrected chi connectivity index (χ2v) is 7.68. The summed E-state index contributed by atoms with van der Waals surface area (Å²) in [6.07, 6.45) is 3.04. The largest absolute Gasteiger partial charge is 0.481 e. The van der Waals surface area contributed by atoms with E-state index in [-0.39, 0.29) is 5.91 Å². The number of benzene rings is 1. The first kappa shape index (κ1) is 20.1. The number of halogens is 1. The standard InChI is InChI=1S/C20H31ClN2O2/c1-14-6-10-23(11-7-14)9-5-8-22-20(24)17(4)25-18-12-15(2)19(21)16(3)13-18/h12-14,17H,5-11H2,1-4H3,(H,22,24). The van der Waals surface area contributed by atoms with E-state index in [0.29, 0.717) is 12.3 Å². The van der Waals surface area contributed by atoms with Gasteiger partial charge >= 0.3 is 0 Å². The highest BCUT2D eigenvalue weighted by Crippen LogP contribution is 2.26. The van der Waals surface area contributed by atoms with Gasteiger partial charge in [-0.05, 0) is 88.8 Å². The molecular formula is C20H31ClN2O2. The van der Waals surface area contributed by atoms with E-state index in [2.05, 4.69) is 17.1 Å². The molecule has 0 aliphatic carbocycles. The molecule has 1 aliphatic rings. The summed E-state index contributed by atoms with van der Waals surface area (Å²) in [4.78, 5) is 14.7. The molecule has 1 unspecified atom stereocenters. The van der Waals surface area contributed by atoms with Crippen LogP contribution in [0.3, 0.4) is 0 Å². The molecule has 140 valence electrons. The SMILES string of the molecule is Cc1cc(OC(C)C(=O)NCCCN2CCC(C)CC2)cc(C)c1Cl. The van der Waals surface area contributed by atoms with Crippen molar-refractivity contribution >= 4 is 17.5 Å². The molecule has 0 aromatic heterocycles. The Labute approximate surface area is 156 Å². The molecule has 2 rings (SSSR count). The molecule has 1 saturated heterocycles. The lowest BCUT2D eigenvalue weighted by atomic mass is 9.99. The van der Waals surface area contributed by atoms with Crippen molar-refractivity contribution in [2.24, 2.45) is 5.92 Å². The lowest BCUT2D eigenvalue weighted by Crippen LogP contribution is -2.39. The minimum Gasteiger partial charge on any atom is -0.481 e. The molecule has 1 amide bonds. The maximum absolute atomic E-state index is 12.2. The van der Waals surface area contributed by atoms with Crippen LogP contribution in [0.1, 0.15) is 44.2 Å². The summed E-state index contributed by atoms with van der Waals surface area (Å²) in [6, 6.07) is 3.74. The average Bonchev–Trinajstić information content (AvgIpc) is 2.57. The average molecular weight is 367 g/mol. The van der Waals surface area contributed by atoms with Gasteiger partial charge in [0.2, 0.25) is 0 Å². The molecule has 1 fully saturated rings. The summed E-state index contributed by atoms with van der Waals surface area (Å²) >= 11 is 6.17. The van der Waals surface area contributed by atoms with Crippen LogP contribution in [-0.2, 0) is 4.79 Å². The zero-order valence-corrected chi connectivity index (χ0v) is 16.7. The number of carbonyl (C=O) groups excluding carboxylic acids is 1. The van der Waals surface area contributed by atoms with E-state index < -0.39 is 6.10 Å². The van der Waals surface area contributed by atoms with Gasteiger partial charge in [-0.25, -0.2) is 0 Å². The summed E-state index contributed by atoms with van der Waals surface area (Å²) in [7, 11) is 0. The molecule has 1 aliphatic heterocycles. The molecule has 1 heterocycles. The van der Waals surface area contributed by atoms with Crippen molar-refractivity contribution in [1.82, 2.24) is 10.2 Å². The number of hydrogen-bond acceptors (Lipinski definition) is 3. The van der Waals surface area contributed by atoms with E-state index in [1.165, 1.54) is 25.9 Å². The molecule has 0 bridgehead atoms. The van der Waals surface area contributed by atoms with Gasteiger partial charge < -0.3 is 15.0 Å². The quantitative estimate of drug-likeness (QED) is 0.742. The van der Waals surface area contributed by atoms with E-state index in [1.54, 1.807) is 6.92 Å². The van der Waals surface area contributed by atoms with Crippen LogP contribution in [0.25, 0.3) is 0 Å². The monoisotopic (exact) mass is 366 g/mol. The zero-order chi connectivity index (χ0) is 18.4. The third-order valence-corrected chi connectivity index (χ3v) is 5.51. The highest BCUT2D eigenvalue weighted by Gasteiger charge is 2.17. The normalized spacial score (nSPS) is 17.3. The predicted molar refractivity (Wildman–Crippen MR) is 103 cm³/mol. The first-order chi connectivity index (χ1) is 11.9. The van der Waals surface area contributed by atoms with Crippen LogP contribution in [0.2, 0.25) is 5.02 Å². The van der Waals surface area contributed by atoms with Crippen molar-refractivity contribution in [2.45, 2.75) is 53.1 Å². The molecule has 1 aromatic carbocycles. The fourth-order valence-electron chi connectivity index (χ4n) is 3.18. The summed E-state index contributed by atoms with van der Waals surface area (Å²) in [5, 5.41) is 3.72. The van der Waals surface area contributed by atoms with Gasteiger partial charge in [-0.3, -0.25) is 4.79 Å². The molecule has 1 N–H and O–H groups in total.